The molecule has 1 aromatic carbocycles. The average molecular weight is 310 g/mol. The zero-order valence-corrected chi connectivity index (χ0v) is 13.3. The van der Waals surface area contributed by atoms with E-state index in [9.17, 15) is 9.18 Å². The molecule has 0 saturated carbocycles. The zero-order valence-electron chi connectivity index (χ0n) is 12.5. The first-order chi connectivity index (χ1) is 9.81. The van der Waals surface area contributed by atoms with Crippen molar-refractivity contribution in [1.82, 2.24) is 14.8 Å². The summed E-state index contributed by atoms with van der Waals surface area (Å²) in [6.45, 7) is 7.31. The van der Waals surface area contributed by atoms with Crippen LogP contribution in [0.2, 0.25) is 0 Å². The molecule has 114 valence electrons. The summed E-state index contributed by atoms with van der Waals surface area (Å²) in [6.07, 6.45) is 0. The largest absolute Gasteiger partial charge is 0.344 e. The molecular weight excluding hydrogens is 291 g/mol. The number of nitrogens with zero attached hydrogens (tertiary/aromatic N) is 2. The van der Waals surface area contributed by atoms with Gasteiger partial charge < -0.3 is 5.73 Å². The van der Waals surface area contributed by atoms with E-state index in [2.05, 4.69) is 10.2 Å². The third-order valence-corrected chi connectivity index (χ3v) is 4.22. The number of halogens is 1. The number of benzene rings is 1. The molecule has 3 N–H and O–H groups in total. The van der Waals surface area contributed by atoms with E-state index in [0.717, 1.165) is 4.90 Å². The second-order valence-electron chi connectivity index (χ2n) is 5.31. The maximum absolute atomic E-state index is 13.7. The van der Waals surface area contributed by atoms with Crippen molar-refractivity contribution in [3.05, 3.63) is 39.6 Å². The summed E-state index contributed by atoms with van der Waals surface area (Å²) in [4.78, 5) is 12.6. The van der Waals surface area contributed by atoms with Crippen molar-refractivity contribution in [2.45, 2.75) is 49.8 Å². The molecule has 0 aliphatic heterocycles. The molecule has 0 bridgehead atoms. The molecule has 0 radical (unpaired) electrons. The fraction of sp³-hybridized carbons (Fsp3) is 0.429. The number of hydrogen-bond donors (Lipinski definition) is 2. The maximum Gasteiger partial charge on any atom is 0.344 e. The number of hydrogen-bond acceptors (Lipinski definition) is 4. The Morgan fingerprint density at radius 2 is 2.05 bits per heavy atom. The van der Waals surface area contributed by atoms with Crippen LogP contribution in [0, 0.1) is 12.7 Å². The summed E-state index contributed by atoms with van der Waals surface area (Å²) in [5, 5.41) is 7.03. The number of aromatic nitrogens is 3. The fourth-order valence-electron chi connectivity index (χ4n) is 2.03. The molecule has 2 rings (SSSR count). The third kappa shape index (κ3) is 3.19. The molecule has 1 aromatic heterocycles. The molecule has 0 fully saturated rings. The molecular formula is C14H19FN4OS. The molecule has 0 aliphatic rings. The van der Waals surface area contributed by atoms with Gasteiger partial charge in [0.25, 0.3) is 0 Å². The number of nitrogens with two attached hydrogens (primary N) is 1. The molecule has 7 heteroatoms. The smallest absolute Gasteiger partial charge is 0.324 e. The highest BCUT2D eigenvalue weighted by Gasteiger charge is 2.17. The zero-order chi connectivity index (χ0) is 15.7. The quantitative estimate of drug-likeness (QED) is 0.910. The van der Waals surface area contributed by atoms with Gasteiger partial charge in [-0.2, -0.15) is 0 Å². The molecule has 0 aliphatic carbocycles. The monoisotopic (exact) mass is 310 g/mol. The van der Waals surface area contributed by atoms with E-state index in [1.807, 2.05) is 13.8 Å². The van der Waals surface area contributed by atoms with Crippen molar-refractivity contribution in [3.63, 3.8) is 0 Å². The Morgan fingerprint density at radius 1 is 1.38 bits per heavy atom. The van der Waals surface area contributed by atoms with Crippen LogP contribution < -0.4 is 11.4 Å². The van der Waals surface area contributed by atoms with Crippen molar-refractivity contribution in [1.29, 1.82) is 0 Å². The van der Waals surface area contributed by atoms with Crippen LogP contribution in [0.3, 0.4) is 0 Å². The fourth-order valence-corrected chi connectivity index (χ4v) is 3.31. The van der Waals surface area contributed by atoms with Gasteiger partial charge in [-0.1, -0.05) is 0 Å². The molecule has 21 heavy (non-hydrogen) atoms. The standard InChI is InChI=1S/C14H19FN4OS/c1-7(2)19-13(20)17-18-14(19)21-12-5-8(3)11(15)6-10(12)9(4)16/h5-7,9H,16H2,1-4H3,(H,17,20). The molecule has 0 spiro atoms. The van der Waals surface area contributed by atoms with E-state index in [1.54, 1.807) is 24.5 Å². The Hall–Kier alpha value is -1.60. The van der Waals surface area contributed by atoms with E-state index in [1.165, 1.54) is 17.8 Å². The van der Waals surface area contributed by atoms with Crippen LogP contribution in [0.4, 0.5) is 4.39 Å². The second kappa shape index (κ2) is 6.03. The van der Waals surface area contributed by atoms with Crippen LogP contribution in [-0.4, -0.2) is 14.8 Å². The highest BCUT2D eigenvalue weighted by molar-refractivity contribution is 7.99. The van der Waals surface area contributed by atoms with Gasteiger partial charge in [0.15, 0.2) is 5.16 Å². The van der Waals surface area contributed by atoms with Gasteiger partial charge in [-0.15, -0.1) is 5.10 Å². The Kier molecular flexibility index (Phi) is 4.53. The van der Waals surface area contributed by atoms with Gasteiger partial charge in [0.1, 0.15) is 5.82 Å². The highest BCUT2D eigenvalue weighted by atomic mass is 32.2. The summed E-state index contributed by atoms with van der Waals surface area (Å²) < 4.78 is 15.3. The first-order valence-electron chi connectivity index (χ1n) is 6.71. The van der Waals surface area contributed by atoms with E-state index in [0.29, 0.717) is 16.3 Å². The van der Waals surface area contributed by atoms with Gasteiger partial charge in [0.2, 0.25) is 0 Å². The van der Waals surface area contributed by atoms with E-state index < -0.39 is 0 Å². The minimum absolute atomic E-state index is 0.0148. The third-order valence-electron chi connectivity index (χ3n) is 3.17. The Balaban J connectivity index is 2.49. The van der Waals surface area contributed by atoms with E-state index >= 15 is 0 Å². The number of nitrogens with one attached hydrogen (secondary N) is 1. The van der Waals surface area contributed by atoms with Gasteiger partial charge in [-0.25, -0.2) is 14.3 Å². The number of rotatable bonds is 4. The Morgan fingerprint density at radius 3 is 2.62 bits per heavy atom. The summed E-state index contributed by atoms with van der Waals surface area (Å²) in [6, 6.07) is 2.87. The van der Waals surface area contributed by atoms with Crippen molar-refractivity contribution in [2.75, 3.05) is 0 Å². The summed E-state index contributed by atoms with van der Waals surface area (Å²) in [5.41, 5.74) is 6.90. The topological polar surface area (TPSA) is 76.7 Å². The van der Waals surface area contributed by atoms with Crippen LogP contribution >= 0.6 is 11.8 Å². The SMILES string of the molecule is Cc1cc(Sc2n[nH]c(=O)n2C(C)C)c(C(C)N)cc1F. The van der Waals surface area contributed by atoms with Crippen molar-refractivity contribution in [3.8, 4) is 0 Å². The van der Waals surface area contributed by atoms with Crippen LogP contribution in [0.1, 0.15) is 44.0 Å². The second-order valence-corrected chi connectivity index (χ2v) is 6.31. The lowest BCUT2D eigenvalue weighted by molar-refractivity contribution is 0.534. The lowest BCUT2D eigenvalue weighted by Gasteiger charge is -2.15. The van der Waals surface area contributed by atoms with Gasteiger partial charge >= 0.3 is 5.69 Å². The van der Waals surface area contributed by atoms with Crippen LogP contribution in [0.5, 0.6) is 0 Å². The molecule has 1 atom stereocenters. The van der Waals surface area contributed by atoms with Gasteiger partial charge in [-0.05, 0) is 62.7 Å². The van der Waals surface area contributed by atoms with E-state index in [-0.39, 0.29) is 23.6 Å². The van der Waals surface area contributed by atoms with Crippen molar-refractivity contribution < 1.29 is 4.39 Å². The number of aromatic amines is 1. The van der Waals surface area contributed by atoms with Crippen LogP contribution in [0.15, 0.2) is 27.0 Å². The van der Waals surface area contributed by atoms with Crippen LogP contribution in [0.25, 0.3) is 0 Å². The summed E-state index contributed by atoms with van der Waals surface area (Å²) in [7, 11) is 0. The summed E-state index contributed by atoms with van der Waals surface area (Å²) >= 11 is 1.32. The predicted molar refractivity (Wildman–Crippen MR) is 81.1 cm³/mol. The van der Waals surface area contributed by atoms with Crippen molar-refractivity contribution in [2.24, 2.45) is 5.73 Å². The maximum atomic E-state index is 13.7. The Labute approximate surface area is 126 Å². The molecule has 2 aromatic rings. The molecule has 1 heterocycles. The predicted octanol–water partition coefficient (Wildman–Crippen LogP) is 2.77. The van der Waals surface area contributed by atoms with Gasteiger partial charge in [-0.3, -0.25) is 4.57 Å². The minimum atomic E-state index is -0.305. The first kappa shape index (κ1) is 15.8. The van der Waals surface area contributed by atoms with E-state index in [4.69, 9.17) is 5.73 Å². The van der Waals surface area contributed by atoms with Crippen molar-refractivity contribution >= 4 is 11.8 Å². The Bertz CT molecular complexity index is 705. The lowest BCUT2D eigenvalue weighted by atomic mass is 10.1. The highest BCUT2D eigenvalue weighted by Crippen LogP contribution is 2.33. The average Bonchev–Trinajstić information content (AvgIpc) is 2.74. The molecule has 0 amide bonds. The molecule has 5 nitrogen and oxygen atoms in total. The summed E-state index contributed by atoms with van der Waals surface area (Å²) in [5.74, 6) is -0.282. The normalized spacial score (nSPS) is 12.9. The minimum Gasteiger partial charge on any atom is -0.324 e. The lowest BCUT2D eigenvalue weighted by Crippen LogP contribution is -2.19. The number of aryl methyl sites for hydroxylation is 1. The van der Waals surface area contributed by atoms with Gasteiger partial charge in [0, 0.05) is 17.0 Å². The molecule has 1 unspecified atom stereocenters. The first-order valence-corrected chi connectivity index (χ1v) is 7.53. The van der Waals surface area contributed by atoms with Crippen LogP contribution in [-0.2, 0) is 0 Å². The number of H-pyrrole nitrogens is 1. The van der Waals surface area contributed by atoms with Gasteiger partial charge in [0.05, 0.1) is 0 Å². The molecule has 0 saturated heterocycles.